The molecule has 6 nitrogen and oxygen atoms in total. The highest BCUT2D eigenvalue weighted by Gasteiger charge is 2.22. The molecule has 0 N–H and O–H groups in total. The Morgan fingerprint density at radius 1 is 1.09 bits per heavy atom. The standard InChI is InChI=1S/C16H15NO5S/c1-10-4-7-14(20-3)16(8-10)23(18,19)22-12-5-6-13-15(9-12)21-11(2)17-13/h4-9H,1-3H3. The van der Waals surface area contributed by atoms with Crippen LogP contribution in [0.1, 0.15) is 11.5 Å². The molecule has 120 valence electrons. The van der Waals surface area contributed by atoms with Gasteiger partial charge >= 0.3 is 10.1 Å². The first-order valence-electron chi connectivity index (χ1n) is 6.85. The Kier molecular flexibility index (Phi) is 3.73. The van der Waals surface area contributed by atoms with Gasteiger partial charge in [-0.2, -0.15) is 8.42 Å². The molecule has 0 atom stereocenters. The summed E-state index contributed by atoms with van der Waals surface area (Å²) < 4.78 is 40.8. The van der Waals surface area contributed by atoms with Gasteiger partial charge in [0.25, 0.3) is 0 Å². The van der Waals surface area contributed by atoms with Crippen LogP contribution in [0.4, 0.5) is 0 Å². The summed E-state index contributed by atoms with van der Waals surface area (Å²) in [6.07, 6.45) is 0. The quantitative estimate of drug-likeness (QED) is 0.682. The van der Waals surface area contributed by atoms with E-state index in [1.807, 2.05) is 0 Å². The van der Waals surface area contributed by atoms with E-state index in [4.69, 9.17) is 13.3 Å². The van der Waals surface area contributed by atoms with Crippen molar-refractivity contribution in [2.75, 3.05) is 7.11 Å². The average Bonchev–Trinajstić information content (AvgIpc) is 2.86. The van der Waals surface area contributed by atoms with E-state index >= 15 is 0 Å². The van der Waals surface area contributed by atoms with Crippen molar-refractivity contribution in [1.82, 2.24) is 4.98 Å². The molecule has 3 aromatic rings. The van der Waals surface area contributed by atoms with Crippen LogP contribution in [-0.2, 0) is 10.1 Å². The van der Waals surface area contributed by atoms with E-state index in [9.17, 15) is 8.42 Å². The summed E-state index contributed by atoms with van der Waals surface area (Å²) in [6, 6.07) is 9.53. The molecular weight excluding hydrogens is 318 g/mol. The van der Waals surface area contributed by atoms with Crippen molar-refractivity contribution >= 4 is 21.2 Å². The summed E-state index contributed by atoms with van der Waals surface area (Å²) in [6.45, 7) is 3.51. The number of ether oxygens (including phenoxy) is 1. The van der Waals surface area contributed by atoms with Crippen molar-refractivity contribution in [3.8, 4) is 11.5 Å². The average molecular weight is 333 g/mol. The molecule has 3 rings (SSSR count). The largest absolute Gasteiger partial charge is 0.495 e. The summed E-state index contributed by atoms with van der Waals surface area (Å²) in [5.41, 5.74) is 1.89. The van der Waals surface area contributed by atoms with Gasteiger partial charge in [-0.1, -0.05) is 6.07 Å². The fraction of sp³-hybridized carbons (Fsp3) is 0.188. The van der Waals surface area contributed by atoms with Crippen LogP contribution in [0.3, 0.4) is 0 Å². The Balaban J connectivity index is 2.01. The summed E-state index contributed by atoms with van der Waals surface area (Å²) >= 11 is 0. The van der Waals surface area contributed by atoms with Gasteiger partial charge in [0.1, 0.15) is 21.9 Å². The molecule has 1 aromatic heterocycles. The maximum Gasteiger partial charge on any atom is 0.342 e. The molecule has 7 heteroatoms. The van der Waals surface area contributed by atoms with Crippen LogP contribution in [0.25, 0.3) is 11.1 Å². The van der Waals surface area contributed by atoms with Crippen LogP contribution in [0.15, 0.2) is 45.7 Å². The predicted molar refractivity (Wildman–Crippen MR) is 84.3 cm³/mol. The molecule has 0 amide bonds. The number of nitrogens with zero attached hydrogens (tertiary/aromatic N) is 1. The Hall–Kier alpha value is -2.54. The number of rotatable bonds is 4. The molecule has 0 fully saturated rings. The Morgan fingerprint density at radius 3 is 2.61 bits per heavy atom. The van der Waals surface area contributed by atoms with E-state index in [0.29, 0.717) is 17.0 Å². The zero-order valence-electron chi connectivity index (χ0n) is 12.9. The second-order valence-electron chi connectivity index (χ2n) is 5.05. The summed E-state index contributed by atoms with van der Waals surface area (Å²) in [5, 5.41) is 0. The SMILES string of the molecule is COc1ccc(C)cc1S(=O)(=O)Oc1ccc2nc(C)oc2c1. The third-order valence-electron chi connectivity index (χ3n) is 3.26. The van der Waals surface area contributed by atoms with Crippen LogP contribution in [0.5, 0.6) is 11.5 Å². The van der Waals surface area contributed by atoms with Crippen LogP contribution in [0, 0.1) is 13.8 Å². The molecule has 0 saturated heterocycles. The van der Waals surface area contributed by atoms with Gasteiger partial charge in [-0.25, -0.2) is 4.98 Å². The first kappa shape index (κ1) is 15.4. The van der Waals surface area contributed by atoms with Crippen LogP contribution in [0.2, 0.25) is 0 Å². The van der Waals surface area contributed by atoms with Gasteiger partial charge in [-0.15, -0.1) is 0 Å². The molecule has 23 heavy (non-hydrogen) atoms. The Morgan fingerprint density at radius 2 is 1.87 bits per heavy atom. The van der Waals surface area contributed by atoms with Gasteiger partial charge in [0.15, 0.2) is 11.5 Å². The van der Waals surface area contributed by atoms with Crippen molar-refractivity contribution < 1.29 is 21.8 Å². The number of benzene rings is 2. The van der Waals surface area contributed by atoms with E-state index in [-0.39, 0.29) is 16.4 Å². The van der Waals surface area contributed by atoms with Gasteiger partial charge in [0.05, 0.1) is 7.11 Å². The van der Waals surface area contributed by atoms with E-state index in [1.165, 1.54) is 25.3 Å². The van der Waals surface area contributed by atoms with Crippen LogP contribution < -0.4 is 8.92 Å². The molecule has 2 aromatic carbocycles. The van der Waals surface area contributed by atoms with Crippen molar-refractivity contribution in [1.29, 1.82) is 0 Å². The minimum atomic E-state index is -4.03. The van der Waals surface area contributed by atoms with Gasteiger partial charge in [-0.05, 0) is 36.8 Å². The predicted octanol–water partition coefficient (Wildman–Crippen LogP) is 3.22. The lowest BCUT2D eigenvalue weighted by atomic mass is 10.2. The monoisotopic (exact) mass is 333 g/mol. The van der Waals surface area contributed by atoms with Gasteiger partial charge in [0.2, 0.25) is 0 Å². The molecular formula is C16H15NO5S. The molecule has 0 aliphatic rings. The normalized spacial score (nSPS) is 11.6. The number of hydrogen-bond acceptors (Lipinski definition) is 6. The van der Waals surface area contributed by atoms with Crippen molar-refractivity contribution in [2.24, 2.45) is 0 Å². The molecule has 0 aliphatic carbocycles. The second-order valence-corrected chi connectivity index (χ2v) is 6.57. The summed E-state index contributed by atoms with van der Waals surface area (Å²) in [7, 11) is -2.62. The van der Waals surface area contributed by atoms with Gasteiger partial charge in [0, 0.05) is 13.0 Å². The minimum Gasteiger partial charge on any atom is -0.495 e. The van der Waals surface area contributed by atoms with Gasteiger partial charge < -0.3 is 13.3 Å². The molecule has 0 saturated carbocycles. The Bertz CT molecular complexity index is 975. The fourth-order valence-electron chi connectivity index (χ4n) is 2.22. The molecule has 0 aliphatic heterocycles. The number of fused-ring (bicyclic) bond motifs is 1. The third-order valence-corrected chi connectivity index (χ3v) is 4.53. The maximum atomic E-state index is 12.5. The molecule has 0 unspecified atom stereocenters. The zero-order valence-corrected chi connectivity index (χ0v) is 13.7. The van der Waals surface area contributed by atoms with Gasteiger partial charge in [-0.3, -0.25) is 0 Å². The summed E-state index contributed by atoms with van der Waals surface area (Å²) in [4.78, 5) is 4.14. The van der Waals surface area contributed by atoms with Crippen LogP contribution >= 0.6 is 0 Å². The highest BCUT2D eigenvalue weighted by molar-refractivity contribution is 7.87. The fourth-order valence-corrected chi connectivity index (χ4v) is 3.40. The second kappa shape index (κ2) is 5.58. The number of hydrogen-bond donors (Lipinski definition) is 0. The van der Waals surface area contributed by atoms with Crippen molar-refractivity contribution in [3.05, 3.63) is 47.9 Å². The van der Waals surface area contributed by atoms with Crippen molar-refractivity contribution in [3.63, 3.8) is 0 Å². The number of methoxy groups -OCH3 is 1. The molecule has 0 radical (unpaired) electrons. The number of oxazole rings is 1. The van der Waals surface area contributed by atoms with E-state index in [0.717, 1.165) is 5.56 Å². The lowest BCUT2D eigenvalue weighted by molar-refractivity contribution is 0.398. The van der Waals surface area contributed by atoms with E-state index < -0.39 is 10.1 Å². The van der Waals surface area contributed by atoms with Crippen molar-refractivity contribution in [2.45, 2.75) is 18.7 Å². The molecule has 0 bridgehead atoms. The summed E-state index contributed by atoms with van der Waals surface area (Å²) in [5.74, 6) is 0.879. The minimum absolute atomic E-state index is 0.0196. The third kappa shape index (κ3) is 3.00. The first-order chi connectivity index (χ1) is 10.9. The molecule has 1 heterocycles. The number of aromatic nitrogens is 1. The zero-order chi connectivity index (χ0) is 16.6. The van der Waals surface area contributed by atoms with E-state index in [1.54, 1.807) is 32.0 Å². The lowest BCUT2D eigenvalue weighted by Gasteiger charge is -2.11. The topological polar surface area (TPSA) is 78.6 Å². The highest BCUT2D eigenvalue weighted by Crippen LogP contribution is 2.29. The lowest BCUT2D eigenvalue weighted by Crippen LogP contribution is -2.11. The highest BCUT2D eigenvalue weighted by atomic mass is 32.2. The van der Waals surface area contributed by atoms with Crippen LogP contribution in [-0.4, -0.2) is 20.5 Å². The Labute approximate surface area is 133 Å². The first-order valence-corrected chi connectivity index (χ1v) is 8.26. The number of aryl methyl sites for hydroxylation is 2. The molecule has 0 spiro atoms. The van der Waals surface area contributed by atoms with E-state index in [2.05, 4.69) is 4.98 Å². The smallest absolute Gasteiger partial charge is 0.342 e. The maximum absolute atomic E-state index is 12.5.